The van der Waals surface area contributed by atoms with Gasteiger partial charge in [0.2, 0.25) is 0 Å². The van der Waals surface area contributed by atoms with Crippen LogP contribution >= 0.6 is 0 Å². The van der Waals surface area contributed by atoms with Crippen LogP contribution in [0.3, 0.4) is 0 Å². The number of pyridine rings is 1. The molecule has 0 saturated heterocycles. The molecule has 1 N–H and O–H groups in total. The third-order valence-electron chi connectivity index (χ3n) is 3.95. The van der Waals surface area contributed by atoms with E-state index in [2.05, 4.69) is 55.3 Å². The summed E-state index contributed by atoms with van der Waals surface area (Å²) in [4.78, 5) is 4.21. The lowest BCUT2D eigenvalue weighted by molar-refractivity contribution is 0.450. The summed E-state index contributed by atoms with van der Waals surface area (Å²) < 4.78 is 0. The first-order chi connectivity index (χ1) is 9.24. The van der Waals surface area contributed by atoms with Crippen molar-refractivity contribution >= 4 is 10.8 Å². The molecule has 0 aliphatic heterocycles. The normalized spacial score (nSPS) is 14.5. The standard InChI is InChI=1S/C17H24N2/c1-4-9-18-11-13(2)14(3)16-7-5-6-15-12-19-10-8-17(15)16/h5-8,10,12-14,18H,4,9,11H2,1-3H3. The number of nitrogens with one attached hydrogen (secondary N) is 1. The molecule has 2 nitrogen and oxygen atoms in total. The first kappa shape index (κ1) is 14.0. The van der Waals surface area contributed by atoms with E-state index in [0.717, 1.165) is 13.1 Å². The lowest BCUT2D eigenvalue weighted by Crippen LogP contribution is -2.25. The van der Waals surface area contributed by atoms with Gasteiger partial charge in [-0.1, -0.05) is 39.0 Å². The second kappa shape index (κ2) is 6.67. The van der Waals surface area contributed by atoms with Gasteiger partial charge >= 0.3 is 0 Å². The Bertz CT molecular complexity index is 516. The number of benzene rings is 1. The molecule has 19 heavy (non-hydrogen) atoms. The van der Waals surface area contributed by atoms with Crippen molar-refractivity contribution in [3.8, 4) is 0 Å². The fraction of sp³-hybridized carbons (Fsp3) is 0.471. The molecule has 0 aliphatic rings. The van der Waals surface area contributed by atoms with Gasteiger partial charge in [-0.15, -0.1) is 0 Å². The summed E-state index contributed by atoms with van der Waals surface area (Å²) in [6.07, 6.45) is 5.03. The predicted octanol–water partition coefficient (Wildman–Crippen LogP) is 3.97. The summed E-state index contributed by atoms with van der Waals surface area (Å²) in [5.41, 5.74) is 1.44. The van der Waals surface area contributed by atoms with Crippen LogP contribution in [0.1, 0.15) is 38.7 Å². The summed E-state index contributed by atoms with van der Waals surface area (Å²) in [5, 5.41) is 6.10. The highest BCUT2D eigenvalue weighted by Crippen LogP contribution is 2.29. The fourth-order valence-electron chi connectivity index (χ4n) is 2.53. The molecule has 2 unspecified atom stereocenters. The Hall–Kier alpha value is -1.41. The lowest BCUT2D eigenvalue weighted by atomic mass is 9.86. The summed E-state index contributed by atoms with van der Waals surface area (Å²) >= 11 is 0. The summed E-state index contributed by atoms with van der Waals surface area (Å²) in [7, 11) is 0. The molecule has 0 spiro atoms. The molecule has 1 heterocycles. The average Bonchev–Trinajstić information content (AvgIpc) is 2.46. The van der Waals surface area contributed by atoms with Gasteiger partial charge in [0.25, 0.3) is 0 Å². The SMILES string of the molecule is CCCNCC(C)C(C)c1cccc2cnccc12. The van der Waals surface area contributed by atoms with Crippen LogP contribution in [0.5, 0.6) is 0 Å². The van der Waals surface area contributed by atoms with Crippen LogP contribution < -0.4 is 5.32 Å². The number of hydrogen-bond acceptors (Lipinski definition) is 2. The van der Waals surface area contributed by atoms with E-state index in [4.69, 9.17) is 0 Å². The summed E-state index contributed by atoms with van der Waals surface area (Å²) in [6.45, 7) is 9.05. The Kier molecular flexibility index (Phi) is 4.92. The third kappa shape index (κ3) is 3.32. The van der Waals surface area contributed by atoms with Crippen molar-refractivity contribution < 1.29 is 0 Å². The quantitative estimate of drug-likeness (QED) is 0.791. The Morgan fingerprint density at radius 2 is 2.05 bits per heavy atom. The molecule has 0 aliphatic carbocycles. The molecule has 2 rings (SSSR count). The van der Waals surface area contributed by atoms with E-state index in [1.807, 2.05) is 12.4 Å². The molecule has 0 fully saturated rings. The van der Waals surface area contributed by atoms with Crippen molar-refractivity contribution in [1.82, 2.24) is 10.3 Å². The van der Waals surface area contributed by atoms with E-state index in [0.29, 0.717) is 11.8 Å². The molecule has 0 radical (unpaired) electrons. The smallest absolute Gasteiger partial charge is 0.0346 e. The summed E-state index contributed by atoms with van der Waals surface area (Å²) in [6, 6.07) is 8.66. The van der Waals surface area contributed by atoms with Gasteiger partial charge in [-0.3, -0.25) is 4.98 Å². The van der Waals surface area contributed by atoms with Crippen LogP contribution in [0.15, 0.2) is 36.7 Å². The number of aromatic nitrogens is 1. The first-order valence-electron chi connectivity index (χ1n) is 7.27. The van der Waals surface area contributed by atoms with Gasteiger partial charge in [0.1, 0.15) is 0 Å². The second-order valence-corrected chi connectivity index (χ2v) is 5.41. The minimum absolute atomic E-state index is 0.551. The van der Waals surface area contributed by atoms with E-state index < -0.39 is 0 Å². The number of rotatable bonds is 6. The molecule has 2 heteroatoms. The molecule has 0 saturated carbocycles. The van der Waals surface area contributed by atoms with Crippen molar-refractivity contribution in [3.05, 3.63) is 42.2 Å². The molecule has 2 aromatic rings. The van der Waals surface area contributed by atoms with Crippen molar-refractivity contribution in [3.63, 3.8) is 0 Å². The summed E-state index contributed by atoms with van der Waals surface area (Å²) in [5.74, 6) is 1.18. The van der Waals surface area contributed by atoms with Crippen LogP contribution in [-0.2, 0) is 0 Å². The maximum Gasteiger partial charge on any atom is 0.0346 e. The molecule has 102 valence electrons. The maximum atomic E-state index is 4.21. The van der Waals surface area contributed by atoms with Gasteiger partial charge < -0.3 is 5.32 Å². The van der Waals surface area contributed by atoms with Gasteiger partial charge in [0.15, 0.2) is 0 Å². The fourth-order valence-corrected chi connectivity index (χ4v) is 2.53. The zero-order valence-corrected chi connectivity index (χ0v) is 12.2. The average molecular weight is 256 g/mol. The van der Waals surface area contributed by atoms with Gasteiger partial charge in [-0.2, -0.15) is 0 Å². The molecule has 1 aromatic heterocycles. The first-order valence-corrected chi connectivity index (χ1v) is 7.27. The van der Waals surface area contributed by atoms with Crippen LogP contribution in [0.4, 0.5) is 0 Å². The molecular formula is C17H24N2. The van der Waals surface area contributed by atoms with Gasteiger partial charge in [0, 0.05) is 17.8 Å². The van der Waals surface area contributed by atoms with E-state index >= 15 is 0 Å². The Morgan fingerprint density at radius 3 is 2.84 bits per heavy atom. The minimum atomic E-state index is 0.551. The number of fused-ring (bicyclic) bond motifs is 1. The molecule has 2 atom stereocenters. The van der Waals surface area contributed by atoms with E-state index in [1.54, 1.807) is 0 Å². The monoisotopic (exact) mass is 256 g/mol. The van der Waals surface area contributed by atoms with E-state index in [1.165, 1.54) is 22.8 Å². The lowest BCUT2D eigenvalue weighted by Gasteiger charge is -2.22. The van der Waals surface area contributed by atoms with E-state index in [-0.39, 0.29) is 0 Å². The van der Waals surface area contributed by atoms with Crippen molar-refractivity contribution in [2.45, 2.75) is 33.1 Å². The molecule has 0 bridgehead atoms. The van der Waals surface area contributed by atoms with Crippen LogP contribution in [0.2, 0.25) is 0 Å². The third-order valence-corrected chi connectivity index (χ3v) is 3.95. The Labute approximate surface area is 116 Å². The Balaban J connectivity index is 2.18. The zero-order chi connectivity index (χ0) is 13.7. The maximum absolute atomic E-state index is 4.21. The zero-order valence-electron chi connectivity index (χ0n) is 12.2. The van der Waals surface area contributed by atoms with E-state index in [9.17, 15) is 0 Å². The molecule has 1 aromatic carbocycles. The number of nitrogens with zero attached hydrogens (tertiary/aromatic N) is 1. The molecular weight excluding hydrogens is 232 g/mol. The van der Waals surface area contributed by atoms with Gasteiger partial charge in [-0.05, 0) is 48.4 Å². The largest absolute Gasteiger partial charge is 0.316 e. The second-order valence-electron chi connectivity index (χ2n) is 5.41. The van der Waals surface area contributed by atoms with Crippen molar-refractivity contribution in [2.75, 3.05) is 13.1 Å². The van der Waals surface area contributed by atoms with Crippen LogP contribution in [0.25, 0.3) is 10.8 Å². The van der Waals surface area contributed by atoms with Crippen molar-refractivity contribution in [2.24, 2.45) is 5.92 Å². The van der Waals surface area contributed by atoms with Gasteiger partial charge in [0.05, 0.1) is 0 Å². The minimum Gasteiger partial charge on any atom is -0.316 e. The highest BCUT2D eigenvalue weighted by Gasteiger charge is 2.16. The van der Waals surface area contributed by atoms with Crippen LogP contribution in [0, 0.1) is 5.92 Å². The molecule has 0 amide bonds. The predicted molar refractivity (Wildman–Crippen MR) is 82.5 cm³/mol. The van der Waals surface area contributed by atoms with Crippen molar-refractivity contribution in [1.29, 1.82) is 0 Å². The van der Waals surface area contributed by atoms with Crippen LogP contribution in [-0.4, -0.2) is 18.1 Å². The highest BCUT2D eigenvalue weighted by atomic mass is 14.8. The Morgan fingerprint density at radius 1 is 1.21 bits per heavy atom. The van der Waals surface area contributed by atoms with Gasteiger partial charge in [-0.25, -0.2) is 0 Å². The number of hydrogen-bond donors (Lipinski definition) is 1. The topological polar surface area (TPSA) is 24.9 Å². The highest BCUT2D eigenvalue weighted by molar-refractivity contribution is 5.85.